The number of benzene rings is 1. The molecule has 2 heterocycles. The first-order valence-electron chi connectivity index (χ1n) is 5.74. The third kappa shape index (κ3) is 1.60. The Labute approximate surface area is 94.0 Å². The Morgan fingerprint density at radius 2 is 2.00 bits per heavy atom. The van der Waals surface area contributed by atoms with E-state index in [0.717, 1.165) is 24.2 Å². The van der Waals surface area contributed by atoms with Gasteiger partial charge in [0.1, 0.15) is 5.52 Å². The Kier molecular flexibility index (Phi) is 2.20. The Morgan fingerprint density at radius 1 is 1.19 bits per heavy atom. The second-order valence-electron chi connectivity index (χ2n) is 4.25. The van der Waals surface area contributed by atoms with E-state index in [9.17, 15) is 0 Å². The second kappa shape index (κ2) is 3.70. The number of hydrogen-bond donors (Lipinski definition) is 1. The van der Waals surface area contributed by atoms with Gasteiger partial charge in [-0.1, -0.05) is 0 Å². The molecule has 4 nitrogen and oxygen atoms in total. The van der Waals surface area contributed by atoms with Crippen molar-refractivity contribution in [1.29, 1.82) is 0 Å². The molecule has 16 heavy (non-hydrogen) atoms. The van der Waals surface area contributed by atoms with Crippen LogP contribution in [0, 0.1) is 0 Å². The van der Waals surface area contributed by atoms with Crippen molar-refractivity contribution in [3.8, 4) is 0 Å². The van der Waals surface area contributed by atoms with Crippen LogP contribution in [0.2, 0.25) is 0 Å². The summed E-state index contributed by atoms with van der Waals surface area (Å²) in [7, 11) is 0. The lowest BCUT2D eigenvalue weighted by Gasteiger charge is -2.28. The van der Waals surface area contributed by atoms with Gasteiger partial charge in [0.05, 0.1) is 0 Å². The minimum Gasteiger partial charge on any atom is -0.424 e. The third-order valence-corrected chi connectivity index (χ3v) is 3.11. The lowest BCUT2D eigenvalue weighted by atomic mass is 10.1. The molecule has 0 aliphatic carbocycles. The van der Waals surface area contributed by atoms with E-state index in [-0.39, 0.29) is 6.01 Å². The Morgan fingerprint density at radius 3 is 2.81 bits per heavy atom. The maximum Gasteiger partial charge on any atom is 0.292 e. The summed E-state index contributed by atoms with van der Waals surface area (Å²) in [6, 6.07) is 6.33. The molecule has 4 heteroatoms. The number of fused-ring (bicyclic) bond motifs is 1. The Balaban J connectivity index is 1.97. The van der Waals surface area contributed by atoms with E-state index in [1.165, 1.54) is 24.9 Å². The maximum atomic E-state index is 5.53. The first-order chi connectivity index (χ1) is 7.83. The van der Waals surface area contributed by atoms with Crippen molar-refractivity contribution in [1.82, 2.24) is 4.98 Å². The molecule has 1 fully saturated rings. The lowest BCUT2D eigenvalue weighted by Crippen LogP contribution is -2.29. The number of hydrogen-bond acceptors (Lipinski definition) is 4. The number of nitrogens with zero attached hydrogens (tertiary/aromatic N) is 2. The summed E-state index contributed by atoms with van der Waals surface area (Å²) in [6.45, 7) is 2.28. The first kappa shape index (κ1) is 9.51. The molecule has 0 unspecified atom stereocenters. The molecule has 1 aliphatic rings. The molecule has 1 aliphatic heterocycles. The summed E-state index contributed by atoms with van der Waals surface area (Å²) in [5.74, 6) is 0. The molecule has 0 radical (unpaired) electrons. The minimum absolute atomic E-state index is 0.241. The van der Waals surface area contributed by atoms with Gasteiger partial charge in [-0.3, -0.25) is 0 Å². The van der Waals surface area contributed by atoms with Crippen LogP contribution in [0.3, 0.4) is 0 Å². The van der Waals surface area contributed by atoms with E-state index in [1.807, 2.05) is 6.07 Å². The normalized spacial score (nSPS) is 16.9. The van der Waals surface area contributed by atoms with E-state index < -0.39 is 0 Å². The van der Waals surface area contributed by atoms with Crippen molar-refractivity contribution < 1.29 is 4.42 Å². The van der Waals surface area contributed by atoms with Gasteiger partial charge in [-0.15, -0.1) is 0 Å². The molecule has 0 amide bonds. The van der Waals surface area contributed by atoms with Gasteiger partial charge < -0.3 is 15.1 Å². The molecule has 2 N–H and O–H groups in total. The Bertz CT molecular complexity index is 500. The van der Waals surface area contributed by atoms with Gasteiger partial charge in [-0.2, -0.15) is 4.98 Å². The molecular formula is C12H15N3O. The van der Waals surface area contributed by atoms with Crippen LogP contribution in [0.4, 0.5) is 11.7 Å². The summed E-state index contributed by atoms with van der Waals surface area (Å²) < 4.78 is 5.26. The summed E-state index contributed by atoms with van der Waals surface area (Å²) in [5.41, 5.74) is 8.36. The van der Waals surface area contributed by atoms with Gasteiger partial charge in [0.15, 0.2) is 5.58 Å². The fourth-order valence-corrected chi connectivity index (χ4v) is 2.28. The van der Waals surface area contributed by atoms with Crippen LogP contribution in [0.1, 0.15) is 19.3 Å². The number of anilines is 2. The molecule has 0 bridgehead atoms. The monoisotopic (exact) mass is 217 g/mol. The molecule has 3 rings (SSSR count). The molecule has 84 valence electrons. The van der Waals surface area contributed by atoms with Gasteiger partial charge >= 0.3 is 0 Å². The predicted octanol–water partition coefficient (Wildman–Crippen LogP) is 2.40. The highest BCUT2D eigenvalue weighted by atomic mass is 16.4. The van der Waals surface area contributed by atoms with Gasteiger partial charge in [-0.25, -0.2) is 0 Å². The number of piperidine rings is 1. The van der Waals surface area contributed by atoms with E-state index >= 15 is 0 Å². The topological polar surface area (TPSA) is 55.3 Å². The molecule has 1 aromatic carbocycles. The van der Waals surface area contributed by atoms with E-state index in [4.69, 9.17) is 10.2 Å². The smallest absolute Gasteiger partial charge is 0.292 e. The van der Waals surface area contributed by atoms with Crippen LogP contribution in [0.5, 0.6) is 0 Å². The fourth-order valence-electron chi connectivity index (χ4n) is 2.28. The van der Waals surface area contributed by atoms with Crippen LogP contribution in [0.15, 0.2) is 22.6 Å². The largest absolute Gasteiger partial charge is 0.424 e. The summed E-state index contributed by atoms with van der Waals surface area (Å²) in [5, 5.41) is 0. The minimum atomic E-state index is 0.241. The van der Waals surface area contributed by atoms with Crippen molar-refractivity contribution in [3.63, 3.8) is 0 Å². The van der Waals surface area contributed by atoms with E-state index in [0.29, 0.717) is 0 Å². The standard InChI is InChI=1S/C12H15N3O/c13-12-14-10-8-9(4-5-11(10)16-12)15-6-2-1-3-7-15/h4-5,8H,1-3,6-7H2,(H2,13,14). The summed E-state index contributed by atoms with van der Waals surface area (Å²) in [6.07, 6.45) is 3.90. The Hall–Kier alpha value is -1.71. The number of rotatable bonds is 1. The average Bonchev–Trinajstić information content (AvgIpc) is 2.69. The van der Waals surface area contributed by atoms with Crippen molar-refractivity contribution in [3.05, 3.63) is 18.2 Å². The molecule has 1 aromatic heterocycles. The molecule has 0 atom stereocenters. The third-order valence-electron chi connectivity index (χ3n) is 3.11. The van der Waals surface area contributed by atoms with Crippen LogP contribution in [0.25, 0.3) is 11.1 Å². The number of nitrogen functional groups attached to an aromatic ring is 1. The molecule has 0 spiro atoms. The maximum absolute atomic E-state index is 5.53. The van der Waals surface area contributed by atoms with E-state index in [2.05, 4.69) is 22.0 Å². The first-order valence-corrected chi connectivity index (χ1v) is 5.74. The number of nitrogens with two attached hydrogens (primary N) is 1. The van der Waals surface area contributed by atoms with Crippen molar-refractivity contribution >= 4 is 22.8 Å². The van der Waals surface area contributed by atoms with Gasteiger partial charge in [0.2, 0.25) is 0 Å². The second-order valence-corrected chi connectivity index (χ2v) is 4.25. The zero-order valence-corrected chi connectivity index (χ0v) is 9.15. The number of oxazole rings is 1. The van der Waals surface area contributed by atoms with E-state index in [1.54, 1.807) is 0 Å². The van der Waals surface area contributed by atoms with Crippen LogP contribution in [-0.2, 0) is 0 Å². The van der Waals surface area contributed by atoms with Crippen molar-refractivity contribution in [2.45, 2.75) is 19.3 Å². The van der Waals surface area contributed by atoms with Crippen LogP contribution >= 0.6 is 0 Å². The lowest BCUT2D eigenvalue weighted by molar-refractivity contribution is 0.578. The van der Waals surface area contributed by atoms with Gasteiger partial charge in [0, 0.05) is 18.8 Å². The highest BCUT2D eigenvalue weighted by molar-refractivity contribution is 5.78. The average molecular weight is 217 g/mol. The zero-order valence-electron chi connectivity index (χ0n) is 9.15. The summed E-state index contributed by atoms with van der Waals surface area (Å²) in [4.78, 5) is 6.55. The summed E-state index contributed by atoms with van der Waals surface area (Å²) >= 11 is 0. The SMILES string of the molecule is Nc1nc2cc(N3CCCCC3)ccc2o1. The quantitative estimate of drug-likeness (QED) is 0.797. The predicted molar refractivity (Wildman–Crippen MR) is 64.5 cm³/mol. The van der Waals surface area contributed by atoms with Crippen LogP contribution in [-0.4, -0.2) is 18.1 Å². The van der Waals surface area contributed by atoms with Crippen molar-refractivity contribution in [2.24, 2.45) is 0 Å². The molecular weight excluding hydrogens is 202 g/mol. The molecule has 1 saturated heterocycles. The highest BCUT2D eigenvalue weighted by Gasteiger charge is 2.12. The molecule has 0 saturated carbocycles. The fraction of sp³-hybridized carbons (Fsp3) is 0.417. The van der Waals surface area contributed by atoms with Gasteiger partial charge in [0.25, 0.3) is 6.01 Å². The molecule has 2 aromatic rings. The van der Waals surface area contributed by atoms with Crippen molar-refractivity contribution in [2.75, 3.05) is 23.7 Å². The number of aromatic nitrogens is 1. The van der Waals surface area contributed by atoms with Crippen LogP contribution < -0.4 is 10.6 Å². The van der Waals surface area contributed by atoms with Gasteiger partial charge in [-0.05, 0) is 37.5 Å². The highest BCUT2D eigenvalue weighted by Crippen LogP contribution is 2.25. The zero-order chi connectivity index (χ0) is 11.0.